The van der Waals surface area contributed by atoms with Crippen molar-refractivity contribution in [1.82, 2.24) is 19.9 Å². The summed E-state index contributed by atoms with van der Waals surface area (Å²) >= 11 is 0. The van der Waals surface area contributed by atoms with E-state index in [9.17, 15) is 5.26 Å². The van der Waals surface area contributed by atoms with Crippen molar-refractivity contribution in [3.63, 3.8) is 0 Å². The van der Waals surface area contributed by atoms with Crippen LogP contribution < -0.4 is 10.6 Å². The Morgan fingerprint density at radius 2 is 2.16 bits per heavy atom. The highest BCUT2D eigenvalue weighted by atomic mass is 15.2. The number of nitrogens with zero attached hydrogens (tertiary/aromatic N) is 4. The Morgan fingerprint density at radius 1 is 1.32 bits per heavy atom. The van der Waals surface area contributed by atoms with Crippen LogP contribution in [0.1, 0.15) is 11.1 Å². The van der Waals surface area contributed by atoms with E-state index < -0.39 is 0 Å². The maximum absolute atomic E-state index is 9.40. The van der Waals surface area contributed by atoms with Gasteiger partial charge in [0.2, 0.25) is 0 Å². The van der Waals surface area contributed by atoms with E-state index >= 15 is 0 Å². The summed E-state index contributed by atoms with van der Waals surface area (Å²) in [4.78, 5) is 4.36. The van der Waals surface area contributed by atoms with E-state index in [-0.39, 0.29) is 0 Å². The monoisotopic (exact) mass is 331 g/mol. The zero-order valence-corrected chi connectivity index (χ0v) is 13.9. The molecule has 0 unspecified atom stereocenters. The van der Waals surface area contributed by atoms with E-state index in [1.807, 2.05) is 31.4 Å². The molecule has 25 heavy (non-hydrogen) atoms. The number of fused-ring (bicyclic) bond motifs is 1. The molecule has 3 aromatic rings. The van der Waals surface area contributed by atoms with Gasteiger partial charge in [-0.05, 0) is 18.2 Å². The van der Waals surface area contributed by atoms with Gasteiger partial charge in [0, 0.05) is 61.2 Å². The van der Waals surface area contributed by atoms with Gasteiger partial charge in [0.25, 0.3) is 0 Å². The summed E-state index contributed by atoms with van der Waals surface area (Å²) in [6.07, 6.45) is 8.13. The third-order valence-electron chi connectivity index (χ3n) is 3.85. The van der Waals surface area contributed by atoms with E-state index in [0.29, 0.717) is 11.1 Å². The number of aromatic nitrogens is 3. The van der Waals surface area contributed by atoms with Crippen LogP contribution in [0.2, 0.25) is 0 Å². The fourth-order valence-electron chi connectivity index (χ4n) is 2.65. The van der Waals surface area contributed by atoms with Crippen LogP contribution in [0.5, 0.6) is 0 Å². The predicted octanol–water partition coefficient (Wildman–Crippen LogP) is 2.52. The fourth-order valence-corrected chi connectivity index (χ4v) is 2.65. The third-order valence-corrected chi connectivity index (χ3v) is 3.85. The second-order valence-electron chi connectivity index (χ2n) is 5.32. The molecule has 0 fully saturated rings. The number of hydrogen-bond donors (Lipinski definition) is 3. The van der Waals surface area contributed by atoms with Gasteiger partial charge in [0.05, 0.1) is 17.3 Å². The highest BCUT2D eigenvalue weighted by Crippen LogP contribution is 2.30. The number of hydrogen-bond acceptors (Lipinski definition) is 6. The van der Waals surface area contributed by atoms with Gasteiger partial charge < -0.3 is 16.0 Å². The molecule has 0 aliphatic carbocycles. The molecule has 0 amide bonds. The number of pyridine rings is 2. The van der Waals surface area contributed by atoms with Crippen molar-refractivity contribution < 1.29 is 0 Å². The van der Waals surface area contributed by atoms with Crippen molar-refractivity contribution in [2.45, 2.75) is 0 Å². The lowest BCUT2D eigenvalue weighted by Crippen LogP contribution is -2.00. The topological polar surface area (TPSA) is 102 Å². The summed E-state index contributed by atoms with van der Waals surface area (Å²) in [6.45, 7) is 0. The molecule has 7 heteroatoms. The maximum atomic E-state index is 9.40. The van der Waals surface area contributed by atoms with Crippen molar-refractivity contribution in [3.05, 3.63) is 54.1 Å². The zero-order chi connectivity index (χ0) is 17.8. The molecule has 0 bridgehead atoms. The van der Waals surface area contributed by atoms with Crippen molar-refractivity contribution in [1.29, 1.82) is 10.7 Å². The highest BCUT2D eigenvalue weighted by Gasteiger charge is 2.14. The van der Waals surface area contributed by atoms with Gasteiger partial charge in [-0.25, -0.2) is 9.50 Å². The first-order chi connectivity index (χ1) is 12.2. The van der Waals surface area contributed by atoms with Crippen LogP contribution in [0.4, 0.5) is 5.82 Å². The van der Waals surface area contributed by atoms with Crippen LogP contribution in [0.25, 0.3) is 22.2 Å². The SMILES string of the molecule is CN/C=C(\C=N)c1cc(-c2ccc(NC)nc2)c2c(C#N)cnn2c1. The first kappa shape index (κ1) is 16.2. The van der Waals surface area contributed by atoms with E-state index in [0.717, 1.165) is 28.0 Å². The number of anilines is 1. The molecule has 3 aromatic heterocycles. The van der Waals surface area contributed by atoms with Gasteiger partial charge in [0.1, 0.15) is 11.9 Å². The molecule has 0 atom stereocenters. The van der Waals surface area contributed by atoms with Gasteiger partial charge in [-0.1, -0.05) is 0 Å². The largest absolute Gasteiger partial charge is 0.393 e. The average molecular weight is 331 g/mol. The minimum absolute atomic E-state index is 0.494. The number of nitriles is 1. The average Bonchev–Trinajstić information content (AvgIpc) is 3.08. The van der Waals surface area contributed by atoms with Crippen molar-refractivity contribution in [3.8, 4) is 17.2 Å². The van der Waals surface area contributed by atoms with Crippen LogP contribution in [-0.4, -0.2) is 34.9 Å². The standard InChI is InChI=1S/C18H17N7/c1-21-8-14(6-19)13-5-16(12-3-4-17(22-2)23-9-12)18-15(7-20)10-24-25(18)11-13/h3-6,8-11,19,21H,1-2H3,(H,22,23)/b14-8+,19-6?. The Balaban J connectivity index is 2.29. The van der Waals surface area contributed by atoms with Crippen LogP contribution in [-0.2, 0) is 0 Å². The summed E-state index contributed by atoms with van der Waals surface area (Å²) < 4.78 is 1.67. The summed E-state index contributed by atoms with van der Waals surface area (Å²) in [7, 11) is 3.59. The number of nitrogens with one attached hydrogen (secondary N) is 3. The molecule has 3 heterocycles. The first-order valence-electron chi connectivity index (χ1n) is 7.65. The van der Waals surface area contributed by atoms with Gasteiger partial charge in [-0.2, -0.15) is 10.4 Å². The van der Waals surface area contributed by atoms with Crippen LogP contribution in [0.3, 0.4) is 0 Å². The molecule has 3 rings (SSSR count). The number of allylic oxidation sites excluding steroid dienone is 1. The van der Waals surface area contributed by atoms with Crippen molar-refractivity contribution in [2.24, 2.45) is 0 Å². The molecule has 0 aromatic carbocycles. The van der Waals surface area contributed by atoms with Crippen molar-refractivity contribution >= 4 is 23.1 Å². The molecule has 0 spiro atoms. The minimum Gasteiger partial charge on any atom is -0.393 e. The van der Waals surface area contributed by atoms with Gasteiger partial charge in [0.15, 0.2) is 0 Å². The highest BCUT2D eigenvalue weighted by molar-refractivity contribution is 6.08. The smallest absolute Gasteiger partial charge is 0.125 e. The van der Waals surface area contributed by atoms with Crippen molar-refractivity contribution in [2.75, 3.05) is 19.4 Å². The lowest BCUT2D eigenvalue weighted by Gasteiger charge is -2.10. The van der Waals surface area contributed by atoms with Crippen LogP contribution in [0.15, 0.2) is 43.0 Å². The molecule has 7 nitrogen and oxygen atoms in total. The molecule has 0 radical (unpaired) electrons. The minimum atomic E-state index is 0.494. The Hall–Kier alpha value is -3.66. The van der Waals surface area contributed by atoms with Gasteiger partial charge in [-0.15, -0.1) is 0 Å². The Labute approximate surface area is 145 Å². The maximum Gasteiger partial charge on any atom is 0.125 e. The molecule has 0 aliphatic heterocycles. The molecule has 3 N–H and O–H groups in total. The molecular weight excluding hydrogens is 314 g/mol. The van der Waals surface area contributed by atoms with Crippen LogP contribution in [0, 0.1) is 16.7 Å². The Morgan fingerprint density at radius 3 is 2.76 bits per heavy atom. The summed E-state index contributed by atoms with van der Waals surface area (Å²) in [5.74, 6) is 0.764. The Kier molecular flexibility index (Phi) is 4.44. The fraction of sp³-hybridized carbons (Fsp3) is 0.111. The summed E-state index contributed by atoms with van der Waals surface area (Å²) in [5, 5.41) is 27.3. The molecular formula is C18H17N7. The zero-order valence-electron chi connectivity index (χ0n) is 13.9. The summed E-state index contributed by atoms with van der Waals surface area (Å²) in [6, 6.07) is 7.95. The molecule has 0 saturated carbocycles. The first-order valence-corrected chi connectivity index (χ1v) is 7.65. The predicted molar refractivity (Wildman–Crippen MR) is 98.5 cm³/mol. The molecule has 0 saturated heterocycles. The van der Waals surface area contributed by atoms with E-state index in [1.54, 1.807) is 30.2 Å². The Bertz CT molecular complexity index is 991. The quantitative estimate of drug-likeness (QED) is 0.624. The number of rotatable bonds is 5. The lowest BCUT2D eigenvalue weighted by molar-refractivity contribution is 0.958. The molecule has 0 aliphatic rings. The van der Waals surface area contributed by atoms with E-state index in [1.165, 1.54) is 6.21 Å². The van der Waals surface area contributed by atoms with E-state index in [2.05, 4.69) is 26.8 Å². The second kappa shape index (κ2) is 6.84. The van der Waals surface area contributed by atoms with Gasteiger partial charge in [-0.3, -0.25) is 0 Å². The second-order valence-corrected chi connectivity index (χ2v) is 5.32. The normalized spacial score (nSPS) is 11.2. The van der Waals surface area contributed by atoms with Gasteiger partial charge >= 0.3 is 0 Å². The molecule has 124 valence electrons. The third kappa shape index (κ3) is 2.93. The lowest BCUT2D eigenvalue weighted by atomic mass is 10.0. The van der Waals surface area contributed by atoms with E-state index in [4.69, 9.17) is 5.41 Å². The van der Waals surface area contributed by atoms with Crippen LogP contribution >= 0.6 is 0 Å². The summed E-state index contributed by atoms with van der Waals surface area (Å²) in [5.41, 5.74) is 4.45.